The number of fused-ring (bicyclic) bond motifs is 1. The highest BCUT2D eigenvalue weighted by Crippen LogP contribution is 2.63. The Labute approximate surface area is 187 Å². The van der Waals surface area contributed by atoms with Gasteiger partial charge in [-0.1, -0.05) is 33.3 Å². The van der Waals surface area contributed by atoms with Crippen molar-refractivity contribution >= 4 is 0 Å². The molecule has 0 aromatic rings. The Balaban J connectivity index is 1.75. The lowest BCUT2D eigenvalue weighted by molar-refractivity contribution is -0.293. The quantitative estimate of drug-likeness (QED) is 0.474. The zero-order chi connectivity index (χ0) is 23.2. The molecule has 3 aliphatic rings. The molecule has 0 unspecified atom stereocenters. The van der Waals surface area contributed by atoms with Crippen molar-refractivity contribution in [3.63, 3.8) is 0 Å². The number of hydrogen-bond donors (Lipinski definition) is 4. The third-order valence-electron chi connectivity index (χ3n) is 8.96. The Kier molecular flexibility index (Phi) is 7.05. The second-order valence-electron chi connectivity index (χ2n) is 11.8. The van der Waals surface area contributed by atoms with Crippen LogP contribution >= 0.6 is 0 Å². The van der Waals surface area contributed by atoms with Crippen LogP contribution in [0.3, 0.4) is 0 Å². The highest BCUT2D eigenvalue weighted by molar-refractivity contribution is 5.08. The summed E-state index contributed by atoms with van der Waals surface area (Å²) in [6, 6.07) is 0. The summed E-state index contributed by atoms with van der Waals surface area (Å²) in [4.78, 5) is 0. The molecule has 6 nitrogen and oxygen atoms in total. The second kappa shape index (κ2) is 8.69. The van der Waals surface area contributed by atoms with Gasteiger partial charge in [0.1, 0.15) is 18.3 Å². The largest absolute Gasteiger partial charge is 0.390 e. The van der Waals surface area contributed by atoms with Gasteiger partial charge in [0.2, 0.25) is 0 Å². The third-order valence-corrected chi connectivity index (χ3v) is 8.96. The smallest absolute Gasteiger partial charge is 0.187 e. The van der Waals surface area contributed by atoms with E-state index in [9.17, 15) is 20.4 Å². The molecule has 4 N–H and O–H groups in total. The lowest BCUT2D eigenvalue weighted by Crippen LogP contribution is -2.58. The van der Waals surface area contributed by atoms with Crippen LogP contribution in [-0.4, -0.2) is 62.8 Å². The monoisotopic (exact) mass is 440 g/mol. The predicted octanol–water partition coefficient (Wildman–Crippen LogP) is 3.16. The first-order valence-electron chi connectivity index (χ1n) is 12.0. The molecule has 1 aliphatic heterocycles. The summed E-state index contributed by atoms with van der Waals surface area (Å²) < 4.78 is 11.5. The molecule has 0 aromatic carbocycles. The maximum absolute atomic E-state index is 11.4. The molecular weight excluding hydrogens is 396 g/mol. The molecule has 1 saturated heterocycles. The van der Waals surface area contributed by atoms with Crippen LogP contribution in [-0.2, 0) is 9.47 Å². The molecule has 0 bridgehead atoms. The molecule has 0 radical (unpaired) electrons. The van der Waals surface area contributed by atoms with E-state index in [1.165, 1.54) is 12.8 Å². The van der Waals surface area contributed by atoms with E-state index in [-0.39, 0.29) is 23.4 Å². The molecule has 3 rings (SSSR count). The molecule has 0 spiro atoms. The molecule has 9 atom stereocenters. The number of rotatable bonds is 6. The van der Waals surface area contributed by atoms with Crippen LogP contribution in [0.4, 0.5) is 0 Å². The summed E-state index contributed by atoms with van der Waals surface area (Å²) in [5.74, 6) is 0.709. The van der Waals surface area contributed by atoms with E-state index in [1.807, 2.05) is 13.8 Å². The van der Waals surface area contributed by atoms with E-state index in [1.54, 1.807) is 6.08 Å². The summed E-state index contributed by atoms with van der Waals surface area (Å²) >= 11 is 0. The van der Waals surface area contributed by atoms with Crippen molar-refractivity contribution < 1.29 is 29.9 Å². The second-order valence-corrected chi connectivity index (χ2v) is 11.8. The Morgan fingerprint density at radius 1 is 1.10 bits per heavy atom. The van der Waals surface area contributed by atoms with Crippen LogP contribution in [0.25, 0.3) is 0 Å². The van der Waals surface area contributed by atoms with Crippen LogP contribution in [0, 0.1) is 22.7 Å². The van der Waals surface area contributed by atoms with Gasteiger partial charge >= 0.3 is 0 Å². The molecule has 0 amide bonds. The number of aliphatic hydroxyl groups is 4. The number of hydrogen-bond acceptors (Lipinski definition) is 6. The Hall–Kier alpha value is -0.500. The first-order valence-corrected chi connectivity index (χ1v) is 12.0. The minimum Gasteiger partial charge on any atom is -0.390 e. The highest BCUT2D eigenvalue weighted by atomic mass is 16.7. The van der Waals surface area contributed by atoms with E-state index in [0.717, 1.165) is 25.7 Å². The van der Waals surface area contributed by atoms with Gasteiger partial charge in [0.25, 0.3) is 0 Å². The predicted molar refractivity (Wildman–Crippen MR) is 119 cm³/mol. The molecular formula is C25H44O6. The van der Waals surface area contributed by atoms with Crippen LogP contribution in [0.5, 0.6) is 0 Å². The van der Waals surface area contributed by atoms with Gasteiger partial charge in [0.15, 0.2) is 6.29 Å². The lowest BCUT2D eigenvalue weighted by Gasteiger charge is -2.61. The van der Waals surface area contributed by atoms with Crippen molar-refractivity contribution in [2.75, 3.05) is 6.61 Å². The number of ether oxygens (including phenoxy) is 2. The summed E-state index contributed by atoms with van der Waals surface area (Å²) in [5, 5.41) is 41.4. The van der Waals surface area contributed by atoms with Gasteiger partial charge in [0, 0.05) is 0 Å². The van der Waals surface area contributed by atoms with Gasteiger partial charge in [-0.05, 0) is 75.0 Å². The van der Waals surface area contributed by atoms with Gasteiger partial charge in [-0.25, -0.2) is 0 Å². The van der Waals surface area contributed by atoms with Gasteiger partial charge in [0.05, 0.1) is 17.8 Å². The van der Waals surface area contributed by atoms with Crippen molar-refractivity contribution in [2.24, 2.45) is 22.7 Å². The normalized spacial score (nSPS) is 47.3. The maximum Gasteiger partial charge on any atom is 0.187 e. The maximum atomic E-state index is 11.4. The van der Waals surface area contributed by atoms with Crippen LogP contribution < -0.4 is 0 Å². The first-order chi connectivity index (χ1) is 14.3. The van der Waals surface area contributed by atoms with E-state index in [4.69, 9.17) is 9.47 Å². The topological polar surface area (TPSA) is 99.4 Å². The van der Waals surface area contributed by atoms with Crippen molar-refractivity contribution in [3.8, 4) is 0 Å². The Morgan fingerprint density at radius 2 is 1.77 bits per heavy atom. The van der Waals surface area contributed by atoms with Crippen LogP contribution in [0.15, 0.2) is 12.7 Å². The molecule has 31 heavy (non-hydrogen) atoms. The first kappa shape index (κ1) is 25.1. The molecule has 0 aromatic heterocycles. The zero-order valence-corrected chi connectivity index (χ0v) is 20.0. The van der Waals surface area contributed by atoms with Crippen molar-refractivity contribution in [1.29, 1.82) is 0 Å². The van der Waals surface area contributed by atoms with E-state index in [0.29, 0.717) is 12.3 Å². The molecule has 1 heterocycles. The molecule has 180 valence electrons. The standard InChI is InChI=1S/C25H44O6/c1-7-23(4,31-21-20(28)19(27)16(26)15-30-21)13-9-18-24(5)12-8-11-22(2,3)17(24)10-14-25(18,6)29/h7,16-21,26-29H,1,8-15H2,2-6H3/t16-,17-,18+,19+,20-,21+,23-,24-,25+/m1/s1. The molecule has 6 heteroatoms. The fourth-order valence-corrected chi connectivity index (χ4v) is 7.05. The van der Waals surface area contributed by atoms with E-state index in [2.05, 4.69) is 27.4 Å². The molecule has 3 fully saturated rings. The molecule has 2 saturated carbocycles. The fourth-order valence-electron chi connectivity index (χ4n) is 7.05. The number of aliphatic hydroxyl groups excluding tert-OH is 3. The summed E-state index contributed by atoms with van der Waals surface area (Å²) in [5.41, 5.74) is -1.19. The zero-order valence-electron chi connectivity index (χ0n) is 20.0. The third kappa shape index (κ3) is 4.75. The van der Waals surface area contributed by atoms with Gasteiger partial charge in [-0.3, -0.25) is 0 Å². The summed E-state index contributed by atoms with van der Waals surface area (Å²) in [6.45, 7) is 14.9. The van der Waals surface area contributed by atoms with E-state index < -0.39 is 35.8 Å². The van der Waals surface area contributed by atoms with Crippen LogP contribution in [0.2, 0.25) is 0 Å². The van der Waals surface area contributed by atoms with Crippen LogP contribution in [0.1, 0.15) is 79.6 Å². The molecule has 2 aliphatic carbocycles. The Bertz CT molecular complexity index is 648. The van der Waals surface area contributed by atoms with Crippen molar-refractivity contribution in [3.05, 3.63) is 12.7 Å². The summed E-state index contributed by atoms with van der Waals surface area (Å²) in [6.07, 6.45) is 3.70. The van der Waals surface area contributed by atoms with Crippen molar-refractivity contribution in [1.82, 2.24) is 0 Å². The lowest BCUT2D eigenvalue weighted by atomic mass is 9.45. The average molecular weight is 441 g/mol. The fraction of sp³-hybridized carbons (Fsp3) is 0.920. The van der Waals surface area contributed by atoms with Gasteiger partial charge in [-0.15, -0.1) is 6.58 Å². The SMILES string of the molecule is C=C[C@](C)(CC[C@H]1[C@]2(C)CCCC(C)(C)[C@H]2CC[C@]1(C)O)O[C@@H]1OC[C@@H](O)[C@H](O)[C@H]1O. The summed E-state index contributed by atoms with van der Waals surface area (Å²) in [7, 11) is 0. The average Bonchev–Trinajstić information content (AvgIpc) is 2.67. The highest BCUT2D eigenvalue weighted by Gasteiger charge is 2.58. The minimum atomic E-state index is -1.33. The Morgan fingerprint density at radius 3 is 2.42 bits per heavy atom. The minimum absolute atomic E-state index is 0.0622. The van der Waals surface area contributed by atoms with Gasteiger partial charge in [-0.2, -0.15) is 0 Å². The van der Waals surface area contributed by atoms with Crippen molar-refractivity contribution in [2.45, 2.75) is 115 Å². The van der Waals surface area contributed by atoms with Gasteiger partial charge < -0.3 is 29.9 Å². The van der Waals surface area contributed by atoms with E-state index >= 15 is 0 Å².